The Hall–Kier alpha value is -2.19. The lowest BCUT2D eigenvalue weighted by Crippen LogP contribution is -2.35. The SMILES string of the molecule is CCCCCC#CCC#CC=CC=C[C@@H](SC[C@H](N)C(=O)OC)[C@@H](O)CCCC(=O)O. The van der Waals surface area contributed by atoms with Crippen molar-refractivity contribution in [3.8, 4) is 23.7 Å². The van der Waals surface area contributed by atoms with Crippen molar-refractivity contribution in [2.24, 2.45) is 5.73 Å². The molecule has 0 saturated carbocycles. The molecule has 0 unspecified atom stereocenters. The van der Waals surface area contributed by atoms with Crippen molar-refractivity contribution in [1.29, 1.82) is 0 Å². The van der Waals surface area contributed by atoms with E-state index in [1.165, 1.54) is 31.7 Å². The van der Waals surface area contributed by atoms with E-state index >= 15 is 0 Å². The molecule has 0 spiro atoms. The van der Waals surface area contributed by atoms with Crippen molar-refractivity contribution in [3.63, 3.8) is 0 Å². The highest BCUT2D eigenvalue weighted by Crippen LogP contribution is 2.21. The Morgan fingerprint density at radius 2 is 1.94 bits per heavy atom. The molecule has 0 aromatic carbocycles. The van der Waals surface area contributed by atoms with Gasteiger partial charge in [-0.3, -0.25) is 9.59 Å². The molecule has 3 atom stereocenters. The van der Waals surface area contributed by atoms with E-state index in [0.717, 1.165) is 12.8 Å². The van der Waals surface area contributed by atoms with E-state index < -0.39 is 24.1 Å². The molecular formula is C24H35NO5S. The number of aliphatic carboxylic acids is 1. The number of carbonyl (C=O) groups is 2. The van der Waals surface area contributed by atoms with Crippen LogP contribution in [0.1, 0.15) is 58.3 Å². The molecule has 172 valence electrons. The summed E-state index contributed by atoms with van der Waals surface area (Å²) >= 11 is 1.32. The maximum atomic E-state index is 11.5. The first kappa shape index (κ1) is 28.8. The fourth-order valence-corrected chi connectivity index (χ4v) is 3.53. The van der Waals surface area contributed by atoms with Crippen LogP contribution in [0.5, 0.6) is 0 Å². The Bertz CT molecular complexity index is 696. The Morgan fingerprint density at radius 3 is 2.61 bits per heavy atom. The van der Waals surface area contributed by atoms with E-state index in [-0.39, 0.29) is 17.4 Å². The van der Waals surface area contributed by atoms with Crippen LogP contribution in [-0.2, 0) is 14.3 Å². The number of aliphatic hydroxyl groups is 1. The van der Waals surface area contributed by atoms with Crippen LogP contribution in [0.3, 0.4) is 0 Å². The van der Waals surface area contributed by atoms with Crippen molar-refractivity contribution < 1.29 is 24.5 Å². The molecule has 7 heteroatoms. The van der Waals surface area contributed by atoms with Crippen LogP contribution in [0.4, 0.5) is 0 Å². The number of thioether (sulfide) groups is 1. The molecule has 0 aromatic heterocycles. The molecule has 6 nitrogen and oxygen atoms in total. The molecule has 0 aliphatic rings. The summed E-state index contributed by atoms with van der Waals surface area (Å²) in [4.78, 5) is 22.1. The van der Waals surface area contributed by atoms with Gasteiger partial charge in [0, 0.05) is 23.8 Å². The number of hydrogen-bond acceptors (Lipinski definition) is 6. The van der Waals surface area contributed by atoms with Gasteiger partial charge in [0.15, 0.2) is 0 Å². The largest absolute Gasteiger partial charge is 0.481 e. The third-order valence-electron chi connectivity index (χ3n) is 4.14. The van der Waals surface area contributed by atoms with Gasteiger partial charge in [-0.1, -0.05) is 55.8 Å². The van der Waals surface area contributed by atoms with Gasteiger partial charge in [0.05, 0.1) is 19.6 Å². The van der Waals surface area contributed by atoms with Crippen LogP contribution in [0.15, 0.2) is 24.3 Å². The van der Waals surface area contributed by atoms with E-state index in [2.05, 4.69) is 35.3 Å². The van der Waals surface area contributed by atoms with Gasteiger partial charge in [-0.15, -0.1) is 17.7 Å². The number of carboxylic acid groups (broad SMARTS) is 1. The zero-order valence-electron chi connectivity index (χ0n) is 18.5. The standard InChI is InChI=1S/C24H35NO5S/c1-3-4-5-6-7-8-9-10-11-12-13-14-17-22(21(26)16-15-18-23(27)28)31-19-20(25)24(29)30-2/h12-14,17,20-22,26H,3-6,9,15-16,18-19,25H2,1-2H3,(H,27,28)/t20-,21-,22+/m0/s1. The van der Waals surface area contributed by atoms with E-state index in [1.807, 2.05) is 0 Å². The quantitative estimate of drug-likeness (QED) is 0.162. The number of esters is 1. The van der Waals surface area contributed by atoms with Crippen LogP contribution in [0.25, 0.3) is 0 Å². The highest BCUT2D eigenvalue weighted by Gasteiger charge is 2.21. The first-order valence-corrected chi connectivity index (χ1v) is 11.6. The van der Waals surface area contributed by atoms with E-state index in [4.69, 9.17) is 10.8 Å². The fraction of sp³-hybridized carbons (Fsp3) is 0.583. The zero-order valence-corrected chi connectivity index (χ0v) is 19.3. The number of carbonyl (C=O) groups excluding carboxylic acids is 1. The summed E-state index contributed by atoms with van der Waals surface area (Å²) in [6, 6.07) is -0.790. The number of hydrogen-bond donors (Lipinski definition) is 3. The highest BCUT2D eigenvalue weighted by molar-refractivity contribution is 8.00. The molecule has 0 rings (SSSR count). The minimum atomic E-state index is -0.896. The van der Waals surface area contributed by atoms with Crippen LogP contribution in [-0.4, -0.2) is 52.4 Å². The lowest BCUT2D eigenvalue weighted by molar-refractivity contribution is -0.141. The Kier molecular flexibility index (Phi) is 18.4. The molecule has 4 N–H and O–H groups in total. The van der Waals surface area contributed by atoms with Gasteiger partial charge in [0.1, 0.15) is 6.04 Å². The smallest absolute Gasteiger partial charge is 0.323 e. The summed E-state index contributed by atoms with van der Waals surface area (Å²) in [5, 5.41) is 18.8. The minimum absolute atomic E-state index is 0.00315. The predicted octanol–water partition coefficient (Wildman–Crippen LogP) is 3.29. The summed E-state index contributed by atoms with van der Waals surface area (Å²) in [6.07, 6.45) is 12.0. The third kappa shape index (κ3) is 17.2. The van der Waals surface area contributed by atoms with Gasteiger partial charge in [-0.25, -0.2) is 0 Å². The Labute approximate surface area is 190 Å². The van der Waals surface area contributed by atoms with Crippen molar-refractivity contribution in [1.82, 2.24) is 0 Å². The second-order valence-corrected chi connectivity index (χ2v) is 8.04. The highest BCUT2D eigenvalue weighted by atomic mass is 32.2. The van der Waals surface area contributed by atoms with Gasteiger partial charge in [-0.2, -0.15) is 0 Å². The Balaban J connectivity index is 4.66. The molecular weight excluding hydrogens is 414 g/mol. The summed E-state index contributed by atoms with van der Waals surface area (Å²) in [5.41, 5.74) is 5.76. The summed E-state index contributed by atoms with van der Waals surface area (Å²) in [7, 11) is 1.27. The number of ether oxygens (including phenoxy) is 1. The van der Waals surface area contributed by atoms with Gasteiger partial charge < -0.3 is 20.7 Å². The molecule has 0 fully saturated rings. The van der Waals surface area contributed by atoms with Crippen LogP contribution in [0.2, 0.25) is 0 Å². The average Bonchev–Trinajstić information content (AvgIpc) is 2.75. The molecule has 0 aliphatic carbocycles. The van der Waals surface area contributed by atoms with Crippen molar-refractivity contribution in [2.75, 3.05) is 12.9 Å². The van der Waals surface area contributed by atoms with E-state index in [1.54, 1.807) is 24.3 Å². The van der Waals surface area contributed by atoms with Crippen molar-refractivity contribution in [3.05, 3.63) is 24.3 Å². The Morgan fingerprint density at radius 1 is 1.16 bits per heavy atom. The lowest BCUT2D eigenvalue weighted by atomic mass is 10.1. The van der Waals surface area contributed by atoms with Crippen LogP contribution < -0.4 is 5.73 Å². The molecule has 0 aromatic rings. The number of aliphatic hydroxyl groups excluding tert-OH is 1. The molecule has 0 heterocycles. The molecule has 0 saturated heterocycles. The number of methoxy groups -OCH3 is 1. The second kappa shape index (κ2) is 19.8. The number of allylic oxidation sites excluding steroid dienone is 3. The van der Waals surface area contributed by atoms with Crippen LogP contribution in [0, 0.1) is 23.7 Å². The lowest BCUT2D eigenvalue weighted by Gasteiger charge is -2.20. The van der Waals surface area contributed by atoms with Crippen molar-refractivity contribution in [2.45, 2.75) is 75.7 Å². The third-order valence-corrected chi connectivity index (χ3v) is 5.55. The normalized spacial score (nSPS) is 13.7. The first-order valence-electron chi connectivity index (χ1n) is 10.5. The van der Waals surface area contributed by atoms with Gasteiger partial charge in [-0.05, 0) is 25.3 Å². The maximum Gasteiger partial charge on any atom is 0.323 e. The summed E-state index contributed by atoms with van der Waals surface area (Å²) in [6.45, 7) is 2.16. The molecule has 0 radical (unpaired) electrons. The number of rotatable bonds is 14. The minimum Gasteiger partial charge on any atom is -0.481 e. The average molecular weight is 450 g/mol. The van der Waals surface area contributed by atoms with Gasteiger partial charge in [0.2, 0.25) is 0 Å². The topological polar surface area (TPSA) is 110 Å². The second-order valence-electron chi connectivity index (χ2n) is 6.83. The number of carboxylic acids is 1. The van der Waals surface area contributed by atoms with E-state index in [0.29, 0.717) is 19.3 Å². The first-order chi connectivity index (χ1) is 14.9. The van der Waals surface area contributed by atoms with Gasteiger partial charge >= 0.3 is 11.9 Å². The summed E-state index contributed by atoms with van der Waals surface area (Å²) < 4.78 is 4.61. The van der Waals surface area contributed by atoms with Crippen LogP contribution >= 0.6 is 11.8 Å². The molecule has 31 heavy (non-hydrogen) atoms. The molecule has 0 bridgehead atoms. The monoisotopic (exact) mass is 449 g/mol. The predicted molar refractivity (Wildman–Crippen MR) is 126 cm³/mol. The van der Waals surface area contributed by atoms with Crippen molar-refractivity contribution >= 4 is 23.7 Å². The number of unbranched alkanes of at least 4 members (excludes halogenated alkanes) is 3. The molecule has 0 aliphatic heterocycles. The fourth-order valence-electron chi connectivity index (χ4n) is 2.40. The molecule has 0 amide bonds. The zero-order chi connectivity index (χ0) is 23.3. The van der Waals surface area contributed by atoms with Gasteiger partial charge in [0.25, 0.3) is 0 Å². The maximum absolute atomic E-state index is 11.5. The van der Waals surface area contributed by atoms with E-state index in [9.17, 15) is 14.7 Å². The number of nitrogens with two attached hydrogens (primary N) is 1. The summed E-state index contributed by atoms with van der Waals surface area (Å²) in [5.74, 6) is 10.9.